The summed E-state index contributed by atoms with van der Waals surface area (Å²) in [5, 5.41) is 11.3. The maximum Gasteiger partial charge on any atom is 0.328 e. The zero-order valence-corrected chi connectivity index (χ0v) is 11.1. The molecule has 0 aromatic heterocycles. The second-order valence-corrected chi connectivity index (χ2v) is 3.90. The van der Waals surface area contributed by atoms with Crippen molar-refractivity contribution in [2.45, 2.75) is 13.8 Å². The fraction of sp³-hybridized carbons (Fsp3) is 0.286. The number of nitrogens with one attached hydrogen (secondary N) is 1. The Morgan fingerprint density at radius 1 is 1.21 bits per heavy atom. The number of carbonyl (C=O) groups is 2. The van der Waals surface area contributed by atoms with Crippen LogP contribution in [0.2, 0.25) is 0 Å². The largest absolute Gasteiger partial charge is 0.478 e. The van der Waals surface area contributed by atoms with Crippen LogP contribution in [0.5, 0.6) is 0 Å². The van der Waals surface area contributed by atoms with E-state index in [4.69, 9.17) is 5.11 Å². The van der Waals surface area contributed by atoms with E-state index in [2.05, 4.69) is 5.32 Å². The first kappa shape index (κ1) is 14.8. The van der Waals surface area contributed by atoms with Gasteiger partial charge in [-0.3, -0.25) is 0 Å². The first-order chi connectivity index (χ1) is 9.06. The third-order valence-corrected chi connectivity index (χ3v) is 2.63. The Bertz CT molecular complexity index is 462. The average molecular weight is 262 g/mol. The molecule has 0 aliphatic heterocycles. The molecule has 102 valence electrons. The van der Waals surface area contributed by atoms with E-state index in [1.165, 1.54) is 6.08 Å². The van der Waals surface area contributed by atoms with Crippen molar-refractivity contribution in [1.82, 2.24) is 4.90 Å². The van der Waals surface area contributed by atoms with Gasteiger partial charge in [0.25, 0.3) is 0 Å². The molecule has 1 aromatic carbocycles. The molecule has 19 heavy (non-hydrogen) atoms. The van der Waals surface area contributed by atoms with Crippen molar-refractivity contribution in [3.63, 3.8) is 0 Å². The van der Waals surface area contributed by atoms with Crippen LogP contribution in [0.1, 0.15) is 19.4 Å². The predicted molar refractivity (Wildman–Crippen MR) is 75.1 cm³/mol. The maximum atomic E-state index is 11.8. The molecule has 0 saturated heterocycles. The highest BCUT2D eigenvalue weighted by molar-refractivity contribution is 5.89. The van der Waals surface area contributed by atoms with Crippen LogP contribution in [0.4, 0.5) is 10.5 Å². The summed E-state index contributed by atoms with van der Waals surface area (Å²) in [6, 6.07) is 6.83. The van der Waals surface area contributed by atoms with Crippen molar-refractivity contribution in [1.29, 1.82) is 0 Å². The van der Waals surface area contributed by atoms with Gasteiger partial charge >= 0.3 is 12.0 Å². The van der Waals surface area contributed by atoms with Crippen molar-refractivity contribution >= 4 is 23.8 Å². The van der Waals surface area contributed by atoms with Gasteiger partial charge in [0.1, 0.15) is 0 Å². The lowest BCUT2D eigenvalue weighted by molar-refractivity contribution is -0.131. The van der Waals surface area contributed by atoms with Crippen LogP contribution < -0.4 is 5.32 Å². The van der Waals surface area contributed by atoms with Crippen LogP contribution >= 0.6 is 0 Å². The van der Waals surface area contributed by atoms with Crippen LogP contribution in [-0.2, 0) is 4.79 Å². The van der Waals surface area contributed by atoms with Gasteiger partial charge < -0.3 is 15.3 Å². The topological polar surface area (TPSA) is 69.6 Å². The van der Waals surface area contributed by atoms with Crippen molar-refractivity contribution in [2.75, 3.05) is 18.4 Å². The second-order valence-electron chi connectivity index (χ2n) is 3.90. The zero-order chi connectivity index (χ0) is 14.3. The fourth-order valence-electron chi connectivity index (χ4n) is 1.56. The third-order valence-electron chi connectivity index (χ3n) is 2.63. The lowest BCUT2D eigenvalue weighted by Crippen LogP contribution is -2.34. The monoisotopic (exact) mass is 262 g/mol. The van der Waals surface area contributed by atoms with Gasteiger partial charge in [0.15, 0.2) is 0 Å². The summed E-state index contributed by atoms with van der Waals surface area (Å²) >= 11 is 0. The van der Waals surface area contributed by atoms with Gasteiger partial charge in [0, 0.05) is 24.9 Å². The molecule has 0 heterocycles. The number of anilines is 1. The van der Waals surface area contributed by atoms with Crippen LogP contribution in [0.15, 0.2) is 30.3 Å². The summed E-state index contributed by atoms with van der Waals surface area (Å²) in [7, 11) is 0. The van der Waals surface area contributed by atoms with E-state index in [9.17, 15) is 9.59 Å². The Morgan fingerprint density at radius 2 is 1.79 bits per heavy atom. The number of rotatable bonds is 5. The standard InChI is InChI=1S/C14H18N2O3/c1-3-16(4-2)14(19)15-12-8-5-11(6-9-12)7-10-13(17)18/h5-10H,3-4H2,1-2H3,(H,15,19)(H,17,18). The number of carboxylic acids is 1. The fourth-order valence-corrected chi connectivity index (χ4v) is 1.56. The Balaban J connectivity index is 2.66. The number of nitrogens with zero attached hydrogens (tertiary/aromatic N) is 1. The summed E-state index contributed by atoms with van der Waals surface area (Å²) in [5.74, 6) is -0.987. The molecule has 2 amide bonds. The Morgan fingerprint density at radius 3 is 2.26 bits per heavy atom. The first-order valence-electron chi connectivity index (χ1n) is 6.13. The molecule has 0 aliphatic rings. The minimum absolute atomic E-state index is 0.140. The molecule has 1 rings (SSSR count). The summed E-state index contributed by atoms with van der Waals surface area (Å²) in [6.07, 6.45) is 2.57. The zero-order valence-electron chi connectivity index (χ0n) is 11.1. The normalized spacial score (nSPS) is 10.4. The van der Waals surface area contributed by atoms with Gasteiger partial charge in [-0.05, 0) is 37.6 Å². The Labute approximate surface area is 112 Å². The molecule has 0 atom stereocenters. The Kier molecular flexibility index (Phi) is 5.60. The molecule has 0 fully saturated rings. The molecule has 0 unspecified atom stereocenters. The van der Waals surface area contributed by atoms with Gasteiger partial charge in [-0.1, -0.05) is 12.1 Å². The number of aliphatic carboxylic acids is 1. The minimum atomic E-state index is -0.987. The molecule has 0 aliphatic carbocycles. The van der Waals surface area contributed by atoms with E-state index in [0.29, 0.717) is 18.8 Å². The summed E-state index contributed by atoms with van der Waals surface area (Å²) in [6.45, 7) is 5.15. The van der Waals surface area contributed by atoms with Crippen LogP contribution in [0, 0.1) is 0 Å². The number of benzene rings is 1. The average Bonchev–Trinajstić information content (AvgIpc) is 2.39. The number of urea groups is 1. The molecule has 0 radical (unpaired) electrons. The third kappa shape index (κ3) is 4.83. The number of carboxylic acid groups (broad SMARTS) is 1. The summed E-state index contributed by atoms with van der Waals surface area (Å²) in [5.41, 5.74) is 1.45. The molecule has 0 saturated carbocycles. The summed E-state index contributed by atoms with van der Waals surface area (Å²) < 4.78 is 0. The van der Waals surface area contributed by atoms with Crippen molar-refractivity contribution in [3.8, 4) is 0 Å². The number of amides is 2. The molecule has 0 spiro atoms. The van der Waals surface area contributed by atoms with Crippen LogP contribution in [0.25, 0.3) is 6.08 Å². The lowest BCUT2D eigenvalue weighted by atomic mass is 10.2. The maximum absolute atomic E-state index is 11.8. The van der Waals surface area contributed by atoms with Gasteiger partial charge in [0.2, 0.25) is 0 Å². The molecule has 2 N–H and O–H groups in total. The number of hydrogen-bond acceptors (Lipinski definition) is 2. The van der Waals surface area contributed by atoms with E-state index in [-0.39, 0.29) is 6.03 Å². The van der Waals surface area contributed by atoms with Gasteiger partial charge in [-0.2, -0.15) is 0 Å². The van der Waals surface area contributed by atoms with Gasteiger partial charge in [-0.25, -0.2) is 9.59 Å². The van der Waals surface area contributed by atoms with E-state index >= 15 is 0 Å². The highest BCUT2D eigenvalue weighted by atomic mass is 16.4. The smallest absolute Gasteiger partial charge is 0.328 e. The minimum Gasteiger partial charge on any atom is -0.478 e. The highest BCUT2D eigenvalue weighted by Gasteiger charge is 2.08. The first-order valence-corrected chi connectivity index (χ1v) is 6.13. The number of hydrogen-bond donors (Lipinski definition) is 2. The molecule has 5 nitrogen and oxygen atoms in total. The van der Waals surface area contributed by atoms with Crippen LogP contribution in [-0.4, -0.2) is 35.1 Å². The molecular formula is C14H18N2O3. The van der Waals surface area contributed by atoms with E-state index in [1.54, 1.807) is 29.2 Å². The highest BCUT2D eigenvalue weighted by Crippen LogP contribution is 2.11. The van der Waals surface area contributed by atoms with Gasteiger partial charge in [-0.15, -0.1) is 0 Å². The predicted octanol–water partition coefficient (Wildman–Crippen LogP) is 2.66. The van der Waals surface area contributed by atoms with Crippen LogP contribution in [0.3, 0.4) is 0 Å². The quantitative estimate of drug-likeness (QED) is 0.801. The van der Waals surface area contributed by atoms with E-state index in [0.717, 1.165) is 11.6 Å². The molecule has 0 bridgehead atoms. The molecular weight excluding hydrogens is 244 g/mol. The molecule has 5 heteroatoms. The lowest BCUT2D eigenvalue weighted by Gasteiger charge is -2.19. The van der Waals surface area contributed by atoms with E-state index < -0.39 is 5.97 Å². The SMILES string of the molecule is CCN(CC)C(=O)Nc1ccc(C=CC(=O)O)cc1. The second kappa shape index (κ2) is 7.20. The van der Waals surface area contributed by atoms with Crippen molar-refractivity contribution < 1.29 is 14.7 Å². The molecule has 1 aromatic rings. The van der Waals surface area contributed by atoms with Crippen molar-refractivity contribution in [3.05, 3.63) is 35.9 Å². The van der Waals surface area contributed by atoms with E-state index in [1.807, 2.05) is 13.8 Å². The van der Waals surface area contributed by atoms with Gasteiger partial charge in [0.05, 0.1) is 0 Å². The number of carbonyl (C=O) groups excluding carboxylic acids is 1. The summed E-state index contributed by atoms with van der Waals surface area (Å²) in [4.78, 5) is 23.9. The van der Waals surface area contributed by atoms with Crippen molar-refractivity contribution in [2.24, 2.45) is 0 Å². The Hall–Kier alpha value is -2.30.